The van der Waals surface area contributed by atoms with Gasteiger partial charge in [-0.3, -0.25) is 0 Å². The zero-order valence-corrected chi connectivity index (χ0v) is 12.9. The maximum Gasteiger partial charge on any atom is 0.0709 e. The van der Waals surface area contributed by atoms with E-state index in [2.05, 4.69) is 69.3 Å². The largest absolute Gasteiger partial charge is 0.248 e. The summed E-state index contributed by atoms with van der Waals surface area (Å²) in [7, 11) is 0. The van der Waals surface area contributed by atoms with E-state index in [0.717, 1.165) is 17.6 Å². The molecule has 106 valence electrons. The SMILES string of the molecule is CCc1cc(-c2ccc3ccccc3n2)cc(C(C)C)c1. The van der Waals surface area contributed by atoms with Crippen molar-refractivity contribution >= 4 is 10.9 Å². The summed E-state index contributed by atoms with van der Waals surface area (Å²) < 4.78 is 0. The van der Waals surface area contributed by atoms with Crippen molar-refractivity contribution in [3.63, 3.8) is 0 Å². The summed E-state index contributed by atoms with van der Waals surface area (Å²) in [6.45, 7) is 6.69. The van der Waals surface area contributed by atoms with Gasteiger partial charge < -0.3 is 0 Å². The van der Waals surface area contributed by atoms with Crippen molar-refractivity contribution in [2.45, 2.75) is 33.1 Å². The molecule has 0 saturated carbocycles. The quantitative estimate of drug-likeness (QED) is 0.607. The molecule has 0 aliphatic carbocycles. The molecule has 0 spiro atoms. The standard InChI is InChI=1S/C20H21N/c1-4-15-11-17(14(2)3)13-18(12-15)20-10-9-16-7-5-6-8-19(16)21-20/h5-14H,4H2,1-3H3. The van der Waals surface area contributed by atoms with Crippen molar-refractivity contribution in [1.82, 2.24) is 4.98 Å². The van der Waals surface area contributed by atoms with E-state index in [9.17, 15) is 0 Å². The molecule has 1 aromatic heterocycles. The molecule has 0 unspecified atom stereocenters. The highest BCUT2D eigenvalue weighted by Crippen LogP contribution is 2.26. The number of nitrogens with zero attached hydrogens (tertiary/aromatic N) is 1. The molecule has 1 heterocycles. The van der Waals surface area contributed by atoms with Crippen LogP contribution in [-0.4, -0.2) is 4.98 Å². The summed E-state index contributed by atoms with van der Waals surface area (Å²) in [4.78, 5) is 4.82. The summed E-state index contributed by atoms with van der Waals surface area (Å²) >= 11 is 0. The van der Waals surface area contributed by atoms with Gasteiger partial charge in [-0.15, -0.1) is 0 Å². The molecule has 0 bridgehead atoms. The van der Waals surface area contributed by atoms with Gasteiger partial charge in [-0.25, -0.2) is 4.98 Å². The smallest absolute Gasteiger partial charge is 0.0709 e. The van der Waals surface area contributed by atoms with Crippen LogP contribution in [0.25, 0.3) is 22.2 Å². The Morgan fingerprint density at radius 3 is 2.52 bits per heavy atom. The van der Waals surface area contributed by atoms with Gasteiger partial charge in [0, 0.05) is 10.9 Å². The fourth-order valence-electron chi connectivity index (χ4n) is 2.63. The fourth-order valence-corrected chi connectivity index (χ4v) is 2.63. The average Bonchev–Trinajstić information content (AvgIpc) is 2.53. The molecule has 2 aromatic carbocycles. The summed E-state index contributed by atoms with van der Waals surface area (Å²) in [5, 5.41) is 1.19. The van der Waals surface area contributed by atoms with Gasteiger partial charge in [-0.1, -0.05) is 51.1 Å². The lowest BCUT2D eigenvalue weighted by molar-refractivity contribution is 0.863. The minimum absolute atomic E-state index is 0.538. The van der Waals surface area contributed by atoms with E-state index >= 15 is 0 Å². The first-order chi connectivity index (χ1) is 10.2. The van der Waals surface area contributed by atoms with Crippen LogP contribution >= 0.6 is 0 Å². The lowest BCUT2D eigenvalue weighted by Crippen LogP contribution is -1.93. The van der Waals surface area contributed by atoms with Gasteiger partial charge in [0.25, 0.3) is 0 Å². The highest BCUT2D eigenvalue weighted by Gasteiger charge is 2.07. The average molecular weight is 275 g/mol. The second-order valence-corrected chi connectivity index (χ2v) is 5.86. The van der Waals surface area contributed by atoms with E-state index in [4.69, 9.17) is 4.98 Å². The number of benzene rings is 2. The molecule has 0 amide bonds. The van der Waals surface area contributed by atoms with Crippen LogP contribution in [0.3, 0.4) is 0 Å². The van der Waals surface area contributed by atoms with Crippen LogP contribution in [0.5, 0.6) is 0 Å². The van der Waals surface area contributed by atoms with E-state index in [1.807, 2.05) is 6.07 Å². The molecule has 1 nitrogen and oxygen atoms in total. The molecule has 0 N–H and O–H groups in total. The van der Waals surface area contributed by atoms with Gasteiger partial charge in [-0.2, -0.15) is 0 Å². The van der Waals surface area contributed by atoms with Gasteiger partial charge in [0.15, 0.2) is 0 Å². The molecule has 0 radical (unpaired) electrons. The van der Waals surface area contributed by atoms with Crippen molar-refractivity contribution in [1.29, 1.82) is 0 Å². The highest BCUT2D eigenvalue weighted by molar-refractivity contribution is 5.81. The molecule has 3 aromatic rings. The number of para-hydroxylation sites is 1. The van der Waals surface area contributed by atoms with Crippen molar-refractivity contribution in [3.05, 3.63) is 65.7 Å². The van der Waals surface area contributed by atoms with Gasteiger partial charge >= 0.3 is 0 Å². The number of hydrogen-bond donors (Lipinski definition) is 0. The first-order valence-electron chi connectivity index (χ1n) is 7.67. The number of aryl methyl sites for hydroxylation is 1. The van der Waals surface area contributed by atoms with Crippen molar-refractivity contribution in [2.24, 2.45) is 0 Å². The minimum Gasteiger partial charge on any atom is -0.248 e. The summed E-state index contributed by atoms with van der Waals surface area (Å²) in [6.07, 6.45) is 1.06. The Balaban J connectivity index is 2.14. The number of pyridine rings is 1. The molecule has 0 atom stereocenters. The number of fused-ring (bicyclic) bond motifs is 1. The number of aromatic nitrogens is 1. The van der Waals surface area contributed by atoms with Gasteiger partial charge in [0.05, 0.1) is 11.2 Å². The Kier molecular flexibility index (Phi) is 3.74. The highest BCUT2D eigenvalue weighted by atomic mass is 14.7. The van der Waals surface area contributed by atoms with Gasteiger partial charge in [0.1, 0.15) is 0 Å². The van der Waals surface area contributed by atoms with E-state index < -0.39 is 0 Å². The summed E-state index contributed by atoms with van der Waals surface area (Å²) in [5.74, 6) is 0.538. The summed E-state index contributed by atoms with van der Waals surface area (Å²) in [6, 6.07) is 19.4. The zero-order chi connectivity index (χ0) is 14.8. The normalized spacial score (nSPS) is 11.2. The van der Waals surface area contributed by atoms with Crippen LogP contribution in [0.2, 0.25) is 0 Å². The third-order valence-electron chi connectivity index (χ3n) is 3.98. The van der Waals surface area contributed by atoms with E-state index in [1.165, 1.54) is 22.1 Å². The van der Waals surface area contributed by atoms with Crippen LogP contribution < -0.4 is 0 Å². The Hall–Kier alpha value is -2.15. The van der Waals surface area contributed by atoms with Crippen LogP contribution in [0, 0.1) is 0 Å². The van der Waals surface area contributed by atoms with Crippen LogP contribution in [-0.2, 0) is 6.42 Å². The predicted molar refractivity (Wildman–Crippen MR) is 90.6 cm³/mol. The first kappa shape index (κ1) is 13.8. The lowest BCUT2D eigenvalue weighted by atomic mass is 9.95. The van der Waals surface area contributed by atoms with Crippen molar-refractivity contribution in [2.75, 3.05) is 0 Å². The third kappa shape index (κ3) is 2.82. The Morgan fingerprint density at radius 1 is 0.952 bits per heavy atom. The third-order valence-corrected chi connectivity index (χ3v) is 3.98. The molecular formula is C20H21N. The second kappa shape index (κ2) is 5.69. The van der Waals surface area contributed by atoms with Crippen LogP contribution in [0.1, 0.15) is 37.8 Å². The van der Waals surface area contributed by atoms with E-state index in [0.29, 0.717) is 5.92 Å². The van der Waals surface area contributed by atoms with E-state index in [1.54, 1.807) is 0 Å². The van der Waals surface area contributed by atoms with Crippen molar-refractivity contribution in [3.8, 4) is 11.3 Å². The van der Waals surface area contributed by atoms with Gasteiger partial charge in [0.2, 0.25) is 0 Å². The zero-order valence-electron chi connectivity index (χ0n) is 12.9. The Labute approximate surface area is 126 Å². The molecule has 21 heavy (non-hydrogen) atoms. The summed E-state index contributed by atoms with van der Waals surface area (Å²) in [5.41, 5.74) is 6.11. The lowest BCUT2D eigenvalue weighted by Gasteiger charge is -2.11. The van der Waals surface area contributed by atoms with Crippen LogP contribution in [0.15, 0.2) is 54.6 Å². The number of hydrogen-bond acceptors (Lipinski definition) is 1. The molecule has 0 aliphatic heterocycles. The number of rotatable bonds is 3. The van der Waals surface area contributed by atoms with Crippen molar-refractivity contribution < 1.29 is 0 Å². The fraction of sp³-hybridized carbons (Fsp3) is 0.250. The van der Waals surface area contributed by atoms with Gasteiger partial charge in [-0.05, 0) is 47.7 Å². The Morgan fingerprint density at radius 2 is 1.76 bits per heavy atom. The van der Waals surface area contributed by atoms with E-state index in [-0.39, 0.29) is 0 Å². The topological polar surface area (TPSA) is 12.9 Å². The van der Waals surface area contributed by atoms with Crippen LogP contribution in [0.4, 0.5) is 0 Å². The molecule has 1 heteroatoms. The maximum absolute atomic E-state index is 4.82. The molecule has 3 rings (SSSR count). The molecule has 0 fully saturated rings. The molecular weight excluding hydrogens is 254 g/mol. The molecule has 0 aliphatic rings. The monoisotopic (exact) mass is 275 g/mol. The Bertz CT molecular complexity index is 772. The first-order valence-corrected chi connectivity index (χ1v) is 7.67. The predicted octanol–water partition coefficient (Wildman–Crippen LogP) is 5.59. The minimum atomic E-state index is 0.538. The second-order valence-electron chi connectivity index (χ2n) is 5.86. The maximum atomic E-state index is 4.82. The molecule has 0 saturated heterocycles.